The largest absolute Gasteiger partial charge is 0.0976 e. The zero-order valence-corrected chi connectivity index (χ0v) is 6.03. The molecule has 0 aromatic heterocycles. The first-order chi connectivity index (χ1) is 2.81. The molecule has 0 bridgehead atoms. The van der Waals surface area contributed by atoms with Crippen LogP contribution in [0, 0.1) is 0 Å². The second-order valence-corrected chi connectivity index (χ2v) is 1.76. The van der Waals surface area contributed by atoms with Crippen LogP contribution in [0.1, 0.15) is 0 Å². The lowest BCUT2D eigenvalue weighted by Gasteiger charge is -1.73. The standard InChI is InChI=1S/C4H4ClI/c1-2-4(5)3-6/h2-3H,1H2/b4-3-. The van der Waals surface area contributed by atoms with E-state index >= 15 is 0 Å². The van der Waals surface area contributed by atoms with Gasteiger partial charge in [0.1, 0.15) is 0 Å². The molecule has 0 aliphatic rings. The van der Waals surface area contributed by atoms with Crippen molar-refractivity contribution >= 4 is 34.2 Å². The molecule has 0 spiro atoms. The lowest BCUT2D eigenvalue weighted by Crippen LogP contribution is -1.47. The zero-order valence-electron chi connectivity index (χ0n) is 3.12. The highest BCUT2D eigenvalue weighted by atomic mass is 127. The average molecular weight is 214 g/mol. The molecule has 0 aliphatic heterocycles. The van der Waals surface area contributed by atoms with E-state index in [-0.39, 0.29) is 0 Å². The van der Waals surface area contributed by atoms with Crippen LogP contribution in [0.3, 0.4) is 0 Å². The van der Waals surface area contributed by atoms with Gasteiger partial charge in [0.25, 0.3) is 0 Å². The van der Waals surface area contributed by atoms with Gasteiger partial charge in [0.15, 0.2) is 0 Å². The third-order valence-electron chi connectivity index (χ3n) is 0.299. The SMILES string of the molecule is C=C/C(Cl)=C/I. The molecular weight excluding hydrogens is 210 g/mol. The van der Waals surface area contributed by atoms with Crippen molar-refractivity contribution in [2.45, 2.75) is 0 Å². The normalized spacial score (nSPS) is 11.3. The van der Waals surface area contributed by atoms with E-state index in [0.29, 0.717) is 5.03 Å². The highest BCUT2D eigenvalue weighted by Gasteiger charge is 1.71. The molecule has 2 heteroatoms. The van der Waals surface area contributed by atoms with Crippen LogP contribution in [0.15, 0.2) is 21.8 Å². The van der Waals surface area contributed by atoms with Gasteiger partial charge in [0.05, 0.1) is 0 Å². The van der Waals surface area contributed by atoms with Crippen LogP contribution in [0.25, 0.3) is 0 Å². The number of hydrogen-bond acceptors (Lipinski definition) is 0. The topological polar surface area (TPSA) is 0 Å². The van der Waals surface area contributed by atoms with Crippen molar-refractivity contribution in [2.24, 2.45) is 0 Å². The predicted octanol–water partition coefficient (Wildman–Crippen LogP) is 2.69. The molecule has 34 valence electrons. The quantitative estimate of drug-likeness (QED) is 0.465. The van der Waals surface area contributed by atoms with Crippen molar-refractivity contribution < 1.29 is 0 Å². The first-order valence-corrected chi connectivity index (χ1v) is 3.02. The molecule has 0 N–H and O–H groups in total. The molecule has 6 heavy (non-hydrogen) atoms. The summed E-state index contributed by atoms with van der Waals surface area (Å²) in [5.74, 6) is 0. The van der Waals surface area contributed by atoms with E-state index in [2.05, 4.69) is 6.58 Å². The maximum atomic E-state index is 5.39. The summed E-state index contributed by atoms with van der Waals surface area (Å²) in [6.45, 7) is 3.43. The summed E-state index contributed by atoms with van der Waals surface area (Å²) in [4.78, 5) is 0. The summed E-state index contributed by atoms with van der Waals surface area (Å²) in [5.41, 5.74) is 0. The van der Waals surface area contributed by atoms with E-state index in [9.17, 15) is 0 Å². The number of hydrogen-bond donors (Lipinski definition) is 0. The maximum Gasteiger partial charge on any atom is 0.0460 e. The summed E-state index contributed by atoms with van der Waals surface area (Å²) in [6, 6.07) is 0. The van der Waals surface area contributed by atoms with Gasteiger partial charge >= 0.3 is 0 Å². The number of allylic oxidation sites excluding steroid dienone is 2. The zero-order chi connectivity index (χ0) is 4.99. The van der Waals surface area contributed by atoms with Gasteiger partial charge in [-0.25, -0.2) is 0 Å². The van der Waals surface area contributed by atoms with Gasteiger partial charge in [-0.3, -0.25) is 0 Å². The molecule has 0 amide bonds. The lowest BCUT2D eigenvalue weighted by atomic mass is 10.6. The molecule has 0 aliphatic carbocycles. The minimum Gasteiger partial charge on any atom is -0.0976 e. The Hall–Kier alpha value is 0.500. The fourth-order valence-corrected chi connectivity index (χ4v) is 0.299. The van der Waals surface area contributed by atoms with Crippen LogP contribution in [0.2, 0.25) is 0 Å². The third kappa shape index (κ3) is 2.72. The highest BCUT2D eigenvalue weighted by molar-refractivity contribution is 14.1. The number of rotatable bonds is 1. The molecule has 0 aromatic rings. The van der Waals surface area contributed by atoms with E-state index in [1.165, 1.54) is 0 Å². The molecule has 0 nitrogen and oxygen atoms in total. The monoisotopic (exact) mass is 214 g/mol. The Morgan fingerprint density at radius 2 is 2.33 bits per heavy atom. The van der Waals surface area contributed by atoms with Crippen molar-refractivity contribution in [2.75, 3.05) is 0 Å². The Morgan fingerprint density at radius 1 is 1.83 bits per heavy atom. The fourth-order valence-electron chi connectivity index (χ4n) is 0.0445. The Bertz CT molecular complexity index is 75.6. The molecule has 0 atom stereocenters. The smallest absolute Gasteiger partial charge is 0.0460 e. The van der Waals surface area contributed by atoms with E-state index < -0.39 is 0 Å². The van der Waals surface area contributed by atoms with E-state index in [1.54, 1.807) is 10.2 Å². The van der Waals surface area contributed by atoms with E-state index in [1.807, 2.05) is 22.6 Å². The minimum absolute atomic E-state index is 0.690. The third-order valence-corrected chi connectivity index (χ3v) is 1.60. The Kier molecular flexibility index (Phi) is 3.99. The second-order valence-electron chi connectivity index (χ2n) is 0.698. The summed E-state index contributed by atoms with van der Waals surface area (Å²) >= 11 is 7.43. The van der Waals surface area contributed by atoms with E-state index in [4.69, 9.17) is 11.6 Å². The van der Waals surface area contributed by atoms with Gasteiger partial charge in [-0.1, -0.05) is 46.8 Å². The van der Waals surface area contributed by atoms with Crippen molar-refractivity contribution in [3.05, 3.63) is 21.8 Å². The molecule has 0 unspecified atom stereocenters. The number of halogens is 2. The molecule has 0 heterocycles. The molecule has 0 saturated heterocycles. The van der Waals surface area contributed by atoms with E-state index in [0.717, 1.165) is 0 Å². The van der Waals surface area contributed by atoms with Crippen LogP contribution >= 0.6 is 34.2 Å². The summed E-state index contributed by atoms with van der Waals surface area (Å²) in [6.07, 6.45) is 1.59. The Balaban J connectivity index is 3.50. The second kappa shape index (κ2) is 3.68. The fraction of sp³-hybridized carbons (Fsp3) is 0. The Labute approximate surface area is 56.0 Å². The van der Waals surface area contributed by atoms with Gasteiger partial charge in [-0.15, -0.1) is 0 Å². The minimum atomic E-state index is 0.690. The lowest BCUT2D eigenvalue weighted by molar-refractivity contribution is 2.03. The highest BCUT2D eigenvalue weighted by Crippen LogP contribution is 2.03. The molecule has 0 fully saturated rings. The molecule has 0 rings (SSSR count). The van der Waals surface area contributed by atoms with Gasteiger partial charge < -0.3 is 0 Å². The summed E-state index contributed by atoms with van der Waals surface area (Å²) in [5, 5.41) is 0.690. The van der Waals surface area contributed by atoms with Crippen molar-refractivity contribution in [3.8, 4) is 0 Å². The van der Waals surface area contributed by atoms with Gasteiger partial charge in [0.2, 0.25) is 0 Å². The molecule has 0 radical (unpaired) electrons. The average Bonchev–Trinajstić information content (AvgIpc) is 1.65. The summed E-state index contributed by atoms with van der Waals surface area (Å²) < 4.78 is 1.76. The van der Waals surface area contributed by atoms with Gasteiger partial charge in [-0.05, 0) is 4.08 Å². The first kappa shape index (κ1) is 6.50. The maximum absolute atomic E-state index is 5.39. The van der Waals surface area contributed by atoms with Crippen molar-refractivity contribution in [3.63, 3.8) is 0 Å². The van der Waals surface area contributed by atoms with Crippen LogP contribution in [-0.2, 0) is 0 Å². The molecule has 0 aromatic carbocycles. The predicted molar refractivity (Wildman–Crippen MR) is 38.2 cm³/mol. The van der Waals surface area contributed by atoms with Crippen LogP contribution < -0.4 is 0 Å². The summed E-state index contributed by atoms with van der Waals surface area (Å²) in [7, 11) is 0. The van der Waals surface area contributed by atoms with Crippen LogP contribution in [0.5, 0.6) is 0 Å². The molecular formula is C4H4ClI. The van der Waals surface area contributed by atoms with Crippen molar-refractivity contribution in [1.29, 1.82) is 0 Å². The van der Waals surface area contributed by atoms with Crippen LogP contribution in [0.4, 0.5) is 0 Å². The van der Waals surface area contributed by atoms with Gasteiger partial charge in [-0.2, -0.15) is 0 Å². The van der Waals surface area contributed by atoms with Crippen molar-refractivity contribution in [1.82, 2.24) is 0 Å². The van der Waals surface area contributed by atoms with Gasteiger partial charge in [0, 0.05) is 5.03 Å². The van der Waals surface area contributed by atoms with Crippen LogP contribution in [-0.4, -0.2) is 0 Å². The molecule has 0 saturated carbocycles. The first-order valence-electron chi connectivity index (χ1n) is 1.39. The Morgan fingerprint density at radius 3 is 2.33 bits per heavy atom.